The molecule has 0 aromatic carbocycles. The summed E-state index contributed by atoms with van der Waals surface area (Å²) in [5.74, 6) is 0.543. The molecule has 0 radical (unpaired) electrons. The van der Waals surface area contributed by atoms with Crippen LogP contribution in [-0.4, -0.2) is 19.3 Å². The highest BCUT2D eigenvalue weighted by Gasteiger charge is 2.33. The molecule has 4 nitrogen and oxygen atoms in total. The van der Waals surface area contributed by atoms with Crippen LogP contribution in [0.15, 0.2) is 0 Å². The fraction of sp³-hybridized carbons (Fsp3) is 1.00. The van der Waals surface area contributed by atoms with Crippen molar-refractivity contribution in [3.8, 4) is 0 Å². The lowest BCUT2D eigenvalue weighted by molar-refractivity contribution is 0.0363. The largest absolute Gasteiger partial charge is 0.475 e. The van der Waals surface area contributed by atoms with Gasteiger partial charge in [0.05, 0.1) is 19.3 Å². The molecule has 0 aromatic rings. The minimum atomic E-state index is -3.42. The van der Waals surface area contributed by atoms with Gasteiger partial charge in [-0.25, -0.2) is 4.57 Å². The summed E-state index contributed by atoms with van der Waals surface area (Å²) < 4.78 is 28.9. The number of phosphoric ester groups is 1. The minimum absolute atomic E-state index is 0.122. The fourth-order valence-electron chi connectivity index (χ4n) is 1.95. The molecule has 116 valence electrons. The smallest absolute Gasteiger partial charge is 0.287 e. The lowest BCUT2D eigenvalue weighted by Gasteiger charge is -2.28. The summed E-state index contributed by atoms with van der Waals surface area (Å²) in [6, 6.07) is 0. The molecule has 0 aliphatic heterocycles. The predicted molar refractivity (Wildman–Crippen MR) is 79.3 cm³/mol. The van der Waals surface area contributed by atoms with E-state index in [0.717, 1.165) is 19.3 Å². The van der Waals surface area contributed by atoms with Gasteiger partial charge in [-0.15, -0.1) is 0 Å². The van der Waals surface area contributed by atoms with E-state index < -0.39 is 7.82 Å². The van der Waals surface area contributed by atoms with Crippen molar-refractivity contribution in [1.29, 1.82) is 0 Å². The van der Waals surface area contributed by atoms with Gasteiger partial charge in [-0.3, -0.25) is 13.6 Å². The standard InChI is InChI=1S/C14H31O4P/c1-7-9-10-11-17-19(15,16-8-2)18-14(12(3)4)13(5)6/h12-14H,7-11H2,1-6H3. The van der Waals surface area contributed by atoms with Crippen molar-refractivity contribution in [3.05, 3.63) is 0 Å². The Balaban J connectivity index is 4.54. The molecule has 5 heteroatoms. The maximum Gasteiger partial charge on any atom is 0.475 e. The van der Waals surface area contributed by atoms with E-state index in [2.05, 4.69) is 34.6 Å². The molecular formula is C14H31O4P. The first kappa shape index (κ1) is 19.1. The summed E-state index contributed by atoms with van der Waals surface area (Å²) in [6.07, 6.45) is 2.92. The lowest BCUT2D eigenvalue weighted by Crippen LogP contribution is -2.25. The SMILES string of the molecule is CCCCCOP(=O)(OCC)OC(C(C)C)C(C)C. The van der Waals surface area contributed by atoms with Crippen molar-refractivity contribution >= 4 is 7.82 Å². The molecule has 0 aliphatic carbocycles. The van der Waals surface area contributed by atoms with Crippen LogP contribution in [-0.2, 0) is 18.1 Å². The molecule has 0 heterocycles. The number of phosphoric acid groups is 1. The Labute approximate surface area is 118 Å². The average molecular weight is 294 g/mol. The zero-order valence-corrected chi connectivity index (χ0v) is 14.2. The van der Waals surface area contributed by atoms with Crippen molar-refractivity contribution in [2.24, 2.45) is 11.8 Å². The van der Waals surface area contributed by atoms with Gasteiger partial charge < -0.3 is 0 Å². The molecule has 0 aromatic heterocycles. The molecule has 0 fully saturated rings. The number of unbranched alkanes of at least 4 members (excludes halogenated alkanes) is 2. The maximum absolute atomic E-state index is 12.5. The van der Waals surface area contributed by atoms with Crippen molar-refractivity contribution in [1.82, 2.24) is 0 Å². The fourth-order valence-corrected chi connectivity index (χ4v) is 3.60. The maximum atomic E-state index is 12.5. The first-order valence-corrected chi connectivity index (χ1v) is 8.89. The molecule has 0 saturated carbocycles. The first-order chi connectivity index (χ1) is 8.86. The van der Waals surface area contributed by atoms with E-state index in [1.54, 1.807) is 6.92 Å². The number of hydrogen-bond donors (Lipinski definition) is 0. The highest BCUT2D eigenvalue weighted by molar-refractivity contribution is 7.48. The molecule has 0 rings (SSSR count). The molecule has 19 heavy (non-hydrogen) atoms. The Hall–Kier alpha value is 0.110. The van der Waals surface area contributed by atoms with Crippen molar-refractivity contribution in [3.63, 3.8) is 0 Å². The molecule has 0 spiro atoms. The number of rotatable bonds is 11. The topological polar surface area (TPSA) is 44.8 Å². The third kappa shape index (κ3) is 8.09. The van der Waals surface area contributed by atoms with Crippen LogP contribution in [0.2, 0.25) is 0 Å². The van der Waals surface area contributed by atoms with E-state index >= 15 is 0 Å². The van der Waals surface area contributed by atoms with Crippen LogP contribution in [0.1, 0.15) is 60.8 Å². The Morgan fingerprint density at radius 1 is 0.947 bits per heavy atom. The molecule has 0 amide bonds. The van der Waals surface area contributed by atoms with Gasteiger partial charge in [0.2, 0.25) is 0 Å². The summed E-state index contributed by atoms with van der Waals surface area (Å²) in [5, 5.41) is 0. The summed E-state index contributed by atoms with van der Waals surface area (Å²) in [6.45, 7) is 12.9. The van der Waals surface area contributed by atoms with Crippen LogP contribution in [0.4, 0.5) is 0 Å². The van der Waals surface area contributed by atoms with E-state index in [1.807, 2.05) is 0 Å². The van der Waals surface area contributed by atoms with Crippen LogP contribution in [0.25, 0.3) is 0 Å². The summed E-state index contributed by atoms with van der Waals surface area (Å²) in [4.78, 5) is 0. The van der Waals surface area contributed by atoms with Gasteiger partial charge in [0.25, 0.3) is 0 Å². The molecule has 0 bridgehead atoms. The third-order valence-electron chi connectivity index (χ3n) is 2.85. The second-order valence-corrected chi connectivity index (χ2v) is 7.09. The van der Waals surface area contributed by atoms with Crippen LogP contribution in [0.5, 0.6) is 0 Å². The van der Waals surface area contributed by atoms with Crippen molar-refractivity contribution < 1.29 is 18.1 Å². The van der Waals surface area contributed by atoms with E-state index in [4.69, 9.17) is 13.6 Å². The lowest BCUT2D eigenvalue weighted by atomic mass is 9.97. The van der Waals surface area contributed by atoms with Gasteiger partial charge in [0, 0.05) is 0 Å². The van der Waals surface area contributed by atoms with Gasteiger partial charge in [0.15, 0.2) is 0 Å². The third-order valence-corrected chi connectivity index (χ3v) is 4.42. The van der Waals surface area contributed by atoms with Gasteiger partial charge >= 0.3 is 7.82 Å². The molecule has 0 N–H and O–H groups in total. The Morgan fingerprint density at radius 3 is 1.95 bits per heavy atom. The molecule has 1 atom stereocenters. The summed E-state index contributed by atoms with van der Waals surface area (Å²) in [7, 11) is -3.42. The van der Waals surface area contributed by atoms with E-state index in [1.165, 1.54) is 0 Å². The van der Waals surface area contributed by atoms with Crippen LogP contribution >= 0.6 is 7.82 Å². The van der Waals surface area contributed by atoms with Gasteiger partial charge in [-0.2, -0.15) is 0 Å². The quantitative estimate of drug-likeness (QED) is 0.396. The Bertz CT molecular complexity index is 258. The number of hydrogen-bond acceptors (Lipinski definition) is 4. The molecule has 0 aliphatic rings. The van der Waals surface area contributed by atoms with Crippen LogP contribution < -0.4 is 0 Å². The van der Waals surface area contributed by atoms with Gasteiger partial charge in [-0.1, -0.05) is 47.5 Å². The summed E-state index contributed by atoms with van der Waals surface area (Å²) in [5.41, 5.74) is 0. The summed E-state index contributed by atoms with van der Waals surface area (Å²) >= 11 is 0. The van der Waals surface area contributed by atoms with Crippen LogP contribution in [0, 0.1) is 11.8 Å². The van der Waals surface area contributed by atoms with E-state index in [-0.39, 0.29) is 17.9 Å². The van der Waals surface area contributed by atoms with E-state index in [9.17, 15) is 4.57 Å². The van der Waals surface area contributed by atoms with Gasteiger partial charge in [-0.05, 0) is 25.2 Å². The highest BCUT2D eigenvalue weighted by Crippen LogP contribution is 2.52. The zero-order chi connectivity index (χ0) is 14.9. The van der Waals surface area contributed by atoms with Gasteiger partial charge in [0.1, 0.15) is 0 Å². The second kappa shape index (κ2) is 9.93. The highest BCUT2D eigenvalue weighted by atomic mass is 31.2. The first-order valence-electron chi connectivity index (χ1n) is 7.43. The predicted octanol–water partition coefficient (Wildman–Crippen LogP) is 5.04. The average Bonchev–Trinajstić information content (AvgIpc) is 2.32. The minimum Gasteiger partial charge on any atom is -0.287 e. The monoisotopic (exact) mass is 294 g/mol. The van der Waals surface area contributed by atoms with Crippen LogP contribution in [0.3, 0.4) is 0 Å². The molecule has 1 unspecified atom stereocenters. The molecular weight excluding hydrogens is 263 g/mol. The van der Waals surface area contributed by atoms with E-state index in [0.29, 0.717) is 13.2 Å². The van der Waals surface area contributed by atoms with Crippen molar-refractivity contribution in [2.45, 2.75) is 66.9 Å². The zero-order valence-electron chi connectivity index (χ0n) is 13.3. The molecule has 0 saturated heterocycles. The van der Waals surface area contributed by atoms with Crippen molar-refractivity contribution in [2.75, 3.05) is 13.2 Å². The Kier molecular flexibility index (Phi) is 9.98. The normalized spacial score (nSPS) is 15.4. The second-order valence-electron chi connectivity index (χ2n) is 5.46. The Morgan fingerprint density at radius 2 is 1.53 bits per heavy atom.